The van der Waals surface area contributed by atoms with E-state index in [1.807, 2.05) is 36.4 Å². The van der Waals surface area contributed by atoms with Crippen LogP contribution in [0.4, 0.5) is 0 Å². The van der Waals surface area contributed by atoms with Gasteiger partial charge in [-0.15, -0.1) is 0 Å². The summed E-state index contributed by atoms with van der Waals surface area (Å²) in [4.78, 5) is 29.1. The zero-order chi connectivity index (χ0) is 21.8. The Bertz CT molecular complexity index is 1340. The third kappa shape index (κ3) is 4.20. The molecule has 0 fully saturated rings. The van der Waals surface area contributed by atoms with Crippen molar-refractivity contribution in [2.45, 2.75) is 6.92 Å². The second kappa shape index (κ2) is 8.62. The number of esters is 1. The largest absolute Gasteiger partial charge is 0.493 e. The first-order valence-corrected chi connectivity index (χ1v) is 9.55. The average Bonchev–Trinajstić information content (AvgIpc) is 2.79. The fourth-order valence-corrected chi connectivity index (χ4v) is 3.13. The number of rotatable bonds is 5. The molecule has 0 saturated carbocycles. The molecule has 31 heavy (non-hydrogen) atoms. The van der Waals surface area contributed by atoms with Gasteiger partial charge in [0.15, 0.2) is 17.3 Å². The molecule has 0 radical (unpaired) electrons. The van der Waals surface area contributed by atoms with Crippen molar-refractivity contribution in [3.05, 3.63) is 88.7 Å². The van der Waals surface area contributed by atoms with Gasteiger partial charge in [0.1, 0.15) is 0 Å². The van der Waals surface area contributed by atoms with Crippen molar-refractivity contribution in [2.75, 3.05) is 7.11 Å². The van der Waals surface area contributed by atoms with Crippen LogP contribution in [0.5, 0.6) is 11.5 Å². The molecule has 0 aliphatic heterocycles. The van der Waals surface area contributed by atoms with E-state index in [9.17, 15) is 9.59 Å². The zero-order valence-electron chi connectivity index (χ0n) is 17.0. The summed E-state index contributed by atoms with van der Waals surface area (Å²) in [5.74, 6) is 0.679. The van der Waals surface area contributed by atoms with Crippen LogP contribution in [0.3, 0.4) is 0 Å². The van der Waals surface area contributed by atoms with Gasteiger partial charge in [0.05, 0.1) is 24.2 Å². The van der Waals surface area contributed by atoms with Crippen LogP contribution in [-0.2, 0) is 4.79 Å². The Kier molecular flexibility index (Phi) is 5.57. The molecule has 3 aromatic carbocycles. The molecular weight excluding hydrogens is 394 g/mol. The zero-order valence-corrected chi connectivity index (χ0v) is 17.0. The van der Waals surface area contributed by atoms with E-state index in [0.717, 1.165) is 5.56 Å². The number of hydrogen-bond donors (Lipinski definition) is 0. The van der Waals surface area contributed by atoms with Gasteiger partial charge in [-0.3, -0.25) is 9.59 Å². The van der Waals surface area contributed by atoms with Gasteiger partial charge in [-0.2, -0.15) is 9.78 Å². The smallest absolute Gasteiger partial charge is 0.308 e. The Balaban J connectivity index is 1.83. The molecule has 4 rings (SSSR count). The summed E-state index contributed by atoms with van der Waals surface area (Å²) in [6, 6.07) is 21.6. The Morgan fingerprint density at radius 2 is 1.74 bits per heavy atom. The van der Waals surface area contributed by atoms with Gasteiger partial charge in [-0.05, 0) is 35.9 Å². The predicted molar refractivity (Wildman–Crippen MR) is 119 cm³/mol. The standard InChI is InChI=1S/C24H19N3O4/c1-16(28)31-21-13-12-17(14-22(21)30-2)15-25-27-23(18-8-4-3-5-9-18)26-20-11-7-6-10-19(20)24(27)29/h3-15H,1-2H3. The molecule has 0 amide bonds. The third-order valence-electron chi connectivity index (χ3n) is 4.55. The topological polar surface area (TPSA) is 82.8 Å². The number of carbonyl (C=O) groups is 1. The van der Waals surface area contributed by atoms with Gasteiger partial charge in [0, 0.05) is 12.5 Å². The lowest BCUT2D eigenvalue weighted by Crippen LogP contribution is -2.20. The van der Waals surface area contributed by atoms with Gasteiger partial charge in [0.2, 0.25) is 0 Å². The number of hydrogen-bond acceptors (Lipinski definition) is 6. The van der Waals surface area contributed by atoms with Crippen LogP contribution in [0, 0.1) is 0 Å². The maximum atomic E-state index is 13.2. The third-order valence-corrected chi connectivity index (χ3v) is 4.55. The van der Waals surface area contributed by atoms with E-state index in [2.05, 4.69) is 10.1 Å². The van der Waals surface area contributed by atoms with Crippen molar-refractivity contribution in [1.82, 2.24) is 9.66 Å². The quantitative estimate of drug-likeness (QED) is 0.282. The van der Waals surface area contributed by atoms with E-state index in [0.29, 0.717) is 33.8 Å². The first-order chi connectivity index (χ1) is 15.1. The summed E-state index contributed by atoms with van der Waals surface area (Å²) in [7, 11) is 1.48. The highest BCUT2D eigenvalue weighted by Crippen LogP contribution is 2.27. The molecule has 7 heteroatoms. The van der Waals surface area contributed by atoms with Crippen molar-refractivity contribution in [2.24, 2.45) is 5.10 Å². The maximum Gasteiger partial charge on any atom is 0.308 e. The first kappa shape index (κ1) is 20.0. The highest BCUT2D eigenvalue weighted by molar-refractivity contribution is 5.83. The van der Waals surface area contributed by atoms with Crippen LogP contribution in [-0.4, -0.2) is 29.0 Å². The molecule has 0 spiro atoms. The van der Waals surface area contributed by atoms with Crippen molar-refractivity contribution in [3.8, 4) is 22.9 Å². The minimum Gasteiger partial charge on any atom is -0.493 e. The van der Waals surface area contributed by atoms with Crippen molar-refractivity contribution >= 4 is 23.1 Å². The monoisotopic (exact) mass is 413 g/mol. The molecule has 7 nitrogen and oxygen atoms in total. The van der Waals surface area contributed by atoms with E-state index < -0.39 is 5.97 Å². The van der Waals surface area contributed by atoms with Crippen LogP contribution < -0.4 is 15.0 Å². The molecule has 1 heterocycles. The molecule has 0 aliphatic carbocycles. The number of methoxy groups -OCH3 is 1. The lowest BCUT2D eigenvalue weighted by atomic mass is 10.2. The van der Waals surface area contributed by atoms with Crippen LogP contribution in [0.2, 0.25) is 0 Å². The van der Waals surface area contributed by atoms with Gasteiger partial charge >= 0.3 is 5.97 Å². The van der Waals surface area contributed by atoms with Crippen LogP contribution >= 0.6 is 0 Å². The molecule has 0 unspecified atom stereocenters. The number of benzene rings is 3. The Morgan fingerprint density at radius 3 is 2.48 bits per heavy atom. The van der Waals surface area contributed by atoms with Crippen LogP contribution in [0.15, 0.2) is 82.7 Å². The van der Waals surface area contributed by atoms with Gasteiger partial charge in [-0.1, -0.05) is 42.5 Å². The Morgan fingerprint density at radius 1 is 1.00 bits per heavy atom. The highest BCUT2D eigenvalue weighted by Gasteiger charge is 2.12. The summed E-state index contributed by atoms with van der Waals surface area (Å²) in [5, 5.41) is 4.90. The fraction of sp³-hybridized carbons (Fsp3) is 0.0833. The van der Waals surface area contributed by atoms with Gasteiger partial charge in [0.25, 0.3) is 5.56 Å². The normalized spacial score (nSPS) is 11.0. The molecule has 0 N–H and O–H groups in total. The van der Waals surface area contributed by atoms with Crippen LogP contribution in [0.1, 0.15) is 12.5 Å². The number of para-hydroxylation sites is 1. The summed E-state index contributed by atoms with van der Waals surface area (Å²) in [6.45, 7) is 1.32. The molecule has 4 aromatic rings. The predicted octanol–water partition coefficient (Wildman–Crippen LogP) is 3.88. The SMILES string of the molecule is COc1cc(C=Nn2c(-c3ccccc3)nc3ccccc3c2=O)ccc1OC(C)=O. The Labute approximate surface area is 178 Å². The molecule has 0 aliphatic rings. The maximum absolute atomic E-state index is 13.2. The van der Waals surface area contributed by atoms with Gasteiger partial charge < -0.3 is 9.47 Å². The summed E-state index contributed by atoms with van der Waals surface area (Å²) >= 11 is 0. The second-order valence-electron chi connectivity index (χ2n) is 6.68. The molecule has 0 atom stereocenters. The summed E-state index contributed by atoms with van der Waals surface area (Å²) < 4.78 is 11.7. The average molecular weight is 413 g/mol. The van der Waals surface area contributed by atoms with E-state index in [1.165, 1.54) is 24.9 Å². The van der Waals surface area contributed by atoms with Crippen molar-refractivity contribution < 1.29 is 14.3 Å². The fourth-order valence-electron chi connectivity index (χ4n) is 3.13. The van der Waals surface area contributed by atoms with Gasteiger partial charge in [-0.25, -0.2) is 4.98 Å². The summed E-state index contributed by atoms with van der Waals surface area (Å²) in [6.07, 6.45) is 1.53. The Hall–Kier alpha value is -4.26. The lowest BCUT2D eigenvalue weighted by Gasteiger charge is -2.10. The molecule has 1 aromatic heterocycles. The van der Waals surface area contributed by atoms with E-state index in [4.69, 9.17) is 9.47 Å². The number of ether oxygens (including phenoxy) is 2. The second-order valence-corrected chi connectivity index (χ2v) is 6.68. The number of carbonyl (C=O) groups excluding carboxylic acids is 1. The summed E-state index contributed by atoms with van der Waals surface area (Å²) in [5.41, 5.74) is 1.76. The lowest BCUT2D eigenvalue weighted by molar-refractivity contribution is -0.132. The minimum atomic E-state index is -0.444. The van der Waals surface area contributed by atoms with Crippen molar-refractivity contribution in [3.63, 3.8) is 0 Å². The molecule has 154 valence electrons. The van der Waals surface area contributed by atoms with E-state index in [-0.39, 0.29) is 5.56 Å². The molecule has 0 bridgehead atoms. The molecular formula is C24H19N3O4. The van der Waals surface area contributed by atoms with E-state index >= 15 is 0 Å². The van der Waals surface area contributed by atoms with Crippen molar-refractivity contribution in [1.29, 1.82) is 0 Å². The van der Waals surface area contributed by atoms with E-state index in [1.54, 1.807) is 36.4 Å². The minimum absolute atomic E-state index is 0.274. The first-order valence-electron chi connectivity index (χ1n) is 9.55. The van der Waals surface area contributed by atoms with Crippen LogP contribution in [0.25, 0.3) is 22.3 Å². The number of fused-ring (bicyclic) bond motifs is 1. The number of aromatic nitrogens is 2. The number of nitrogens with zero attached hydrogens (tertiary/aromatic N) is 3. The molecule has 0 saturated heterocycles. The highest BCUT2D eigenvalue weighted by atomic mass is 16.6.